The maximum atomic E-state index is 12.7. The van der Waals surface area contributed by atoms with Gasteiger partial charge in [0.25, 0.3) is 5.91 Å². The number of carbonyl (C=O) groups is 1. The van der Waals surface area contributed by atoms with Gasteiger partial charge in [0.1, 0.15) is 5.69 Å². The lowest BCUT2D eigenvalue weighted by molar-refractivity contribution is -0.137. The molecule has 122 valence electrons. The molecule has 0 aliphatic rings. The van der Waals surface area contributed by atoms with Crippen LogP contribution in [0.4, 0.5) is 24.8 Å². The third-order valence-electron chi connectivity index (χ3n) is 2.87. The Bertz CT molecular complexity index is 688. The molecule has 0 aliphatic heterocycles. The minimum absolute atomic E-state index is 0.0495. The van der Waals surface area contributed by atoms with E-state index in [1.165, 1.54) is 24.4 Å². The minimum Gasteiger partial charge on any atom is -0.351 e. The lowest BCUT2D eigenvalue weighted by atomic mass is 10.2. The second kappa shape index (κ2) is 7.08. The number of amides is 1. The van der Waals surface area contributed by atoms with Crippen LogP contribution in [0.5, 0.6) is 0 Å². The Balaban J connectivity index is 2.16. The third-order valence-corrected chi connectivity index (χ3v) is 2.87. The molecule has 1 aromatic heterocycles. The number of rotatable bonds is 5. The van der Waals surface area contributed by atoms with Crippen LogP contribution in [0.15, 0.2) is 36.5 Å². The molecule has 0 bridgehead atoms. The van der Waals surface area contributed by atoms with Gasteiger partial charge in [-0.1, -0.05) is 13.0 Å². The first-order valence-corrected chi connectivity index (χ1v) is 6.95. The molecular weight excluding hydrogens is 309 g/mol. The zero-order valence-electron chi connectivity index (χ0n) is 12.3. The van der Waals surface area contributed by atoms with Gasteiger partial charge >= 0.3 is 6.18 Å². The zero-order valence-corrected chi connectivity index (χ0v) is 12.3. The maximum absolute atomic E-state index is 12.7. The predicted octanol–water partition coefficient (Wildman–Crippen LogP) is 3.38. The van der Waals surface area contributed by atoms with Crippen LogP contribution in [0.3, 0.4) is 0 Å². The van der Waals surface area contributed by atoms with E-state index in [0.29, 0.717) is 6.54 Å². The summed E-state index contributed by atoms with van der Waals surface area (Å²) in [7, 11) is 0. The van der Waals surface area contributed by atoms with Gasteiger partial charge in [0, 0.05) is 18.4 Å². The molecule has 0 unspecified atom stereocenters. The van der Waals surface area contributed by atoms with Crippen LogP contribution in [0.1, 0.15) is 29.4 Å². The number of hydrogen-bond donors (Lipinski definition) is 2. The molecule has 1 amide bonds. The molecule has 5 nitrogen and oxygen atoms in total. The van der Waals surface area contributed by atoms with Gasteiger partial charge in [0.05, 0.1) is 5.56 Å². The van der Waals surface area contributed by atoms with Gasteiger partial charge < -0.3 is 10.6 Å². The Labute approximate surface area is 131 Å². The van der Waals surface area contributed by atoms with Gasteiger partial charge in [-0.05, 0) is 30.7 Å². The minimum atomic E-state index is -4.43. The maximum Gasteiger partial charge on any atom is 0.416 e. The van der Waals surface area contributed by atoms with E-state index in [1.807, 2.05) is 6.92 Å². The van der Waals surface area contributed by atoms with Gasteiger partial charge in [-0.2, -0.15) is 13.2 Å². The monoisotopic (exact) mass is 324 g/mol. The molecule has 0 spiro atoms. The summed E-state index contributed by atoms with van der Waals surface area (Å²) in [5.41, 5.74) is -0.451. The first kappa shape index (κ1) is 16.7. The standard InChI is InChI=1S/C15H15F3N4O/c1-2-7-19-13(23)12-6-8-20-14(22-12)21-11-5-3-4-10(9-11)15(16,17)18/h3-6,8-9H,2,7H2,1H3,(H,19,23)(H,20,21,22). The van der Waals surface area contributed by atoms with Crippen molar-refractivity contribution in [2.24, 2.45) is 0 Å². The molecule has 0 fully saturated rings. The highest BCUT2D eigenvalue weighted by molar-refractivity contribution is 5.92. The SMILES string of the molecule is CCCNC(=O)c1ccnc(Nc2cccc(C(F)(F)F)c2)n1. The highest BCUT2D eigenvalue weighted by Crippen LogP contribution is 2.31. The number of anilines is 2. The summed E-state index contributed by atoms with van der Waals surface area (Å²) in [6.45, 7) is 2.43. The molecule has 1 heterocycles. The molecule has 8 heteroatoms. The van der Waals surface area contributed by atoms with Gasteiger partial charge in [-0.3, -0.25) is 4.79 Å². The lowest BCUT2D eigenvalue weighted by Gasteiger charge is -2.10. The summed E-state index contributed by atoms with van der Waals surface area (Å²) in [4.78, 5) is 19.7. The number of nitrogens with zero attached hydrogens (tertiary/aromatic N) is 2. The van der Waals surface area contributed by atoms with Gasteiger partial charge in [0.2, 0.25) is 5.95 Å². The Morgan fingerprint density at radius 3 is 2.74 bits per heavy atom. The second-order valence-corrected chi connectivity index (χ2v) is 4.72. The van der Waals surface area contributed by atoms with Crippen LogP contribution in [-0.4, -0.2) is 22.4 Å². The summed E-state index contributed by atoms with van der Waals surface area (Å²) in [6.07, 6.45) is -2.28. The average Bonchev–Trinajstić information content (AvgIpc) is 2.52. The van der Waals surface area contributed by atoms with Crippen molar-refractivity contribution in [2.75, 3.05) is 11.9 Å². The average molecular weight is 324 g/mol. The fourth-order valence-corrected chi connectivity index (χ4v) is 1.78. The molecule has 0 saturated carbocycles. The number of aromatic nitrogens is 2. The van der Waals surface area contributed by atoms with Crippen LogP contribution < -0.4 is 10.6 Å². The van der Waals surface area contributed by atoms with Crippen molar-refractivity contribution in [3.05, 3.63) is 47.8 Å². The van der Waals surface area contributed by atoms with E-state index in [1.54, 1.807) is 0 Å². The molecule has 2 aromatic rings. The largest absolute Gasteiger partial charge is 0.416 e. The molecule has 2 rings (SSSR count). The number of halogens is 3. The second-order valence-electron chi connectivity index (χ2n) is 4.72. The number of carbonyl (C=O) groups excluding carboxylic acids is 1. The Kier molecular flexibility index (Phi) is 5.15. The Morgan fingerprint density at radius 2 is 2.04 bits per heavy atom. The zero-order chi connectivity index (χ0) is 16.9. The fraction of sp³-hybridized carbons (Fsp3) is 0.267. The van der Waals surface area contributed by atoms with E-state index in [9.17, 15) is 18.0 Å². The summed E-state index contributed by atoms with van der Waals surface area (Å²) < 4.78 is 38.0. The molecule has 23 heavy (non-hydrogen) atoms. The van der Waals surface area contributed by atoms with Crippen LogP contribution >= 0.6 is 0 Å². The summed E-state index contributed by atoms with van der Waals surface area (Å²) in [5.74, 6) is -0.310. The highest BCUT2D eigenvalue weighted by Gasteiger charge is 2.30. The van der Waals surface area contributed by atoms with Gasteiger partial charge in [0.15, 0.2) is 0 Å². The van der Waals surface area contributed by atoms with Crippen LogP contribution in [0.2, 0.25) is 0 Å². The molecule has 2 N–H and O–H groups in total. The quantitative estimate of drug-likeness (QED) is 0.885. The fourth-order valence-electron chi connectivity index (χ4n) is 1.78. The lowest BCUT2D eigenvalue weighted by Crippen LogP contribution is -2.25. The normalized spacial score (nSPS) is 11.1. The summed E-state index contributed by atoms with van der Waals surface area (Å²) in [5, 5.41) is 5.33. The van der Waals surface area contributed by atoms with Crippen molar-refractivity contribution < 1.29 is 18.0 Å². The van der Waals surface area contributed by atoms with Crippen molar-refractivity contribution in [3.63, 3.8) is 0 Å². The van der Waals surface area contributed by atoms with Crippen LogP contribution in [0, 0.1) is 0 Å². The molecule has 0 saturated heterocycles. The first-order chi connectivity index (χ1) is 10.9. The van der Waals surface area contributed by atoms with E-state index in [0.717, 1.165) is 18.6 Å². The number of nitrogens with one attached hydrogen (secondary N) is 2. The highest BCUT2D eigenvalue weighted by atomic mass is 19.4. The van der Waals surface area contributed by atoms with Crippen molar-refractivity contribution in [2.45, 2.75) is 19.5 Å². The summed E-state index contributed by atoms with van der Waals surface area (Å²) >= 11 is 0. The summed E-state index contributed by atoms with van der Waals surface area (Å²) in [6, 6.07) is 6.10. The van der Waals surface area contributed by atoms with Crippen LogP contribution in [0.25, 0.3) is 0 Å². The first-order valence-electron chi connectivity index (χ1n) is 6.95. The number of hydrogen-bond acceptors (Lipinski definition) is 4. The number of benzene rings is 1. The molecular formula is C15H15F3N4O. The van der Waals surface area contributed by atoms with Crippen LogP contribution in [-0.2, 0) is 6.18 Å². The van der Waals surface area contributed by atoms with Gasteiger partial charge in [-0.15, -0.1) is 0 Å². The predicted molar refractivity (Wildman–Crippen MR) is 79.4 cm³/mol. The van der Waals surface area contributed by atoms with E-state index >= 15 is 0 Å². The third kappa shape index (κ3) is 4.67. The number of alkyl halides is 3. The van der Waals surface area contributed by atoms with Gasteiger partial charge in [-0.25, -0.2) is 9.97 Å². The Morgan fingerprint density at radius 1 is 1.26 bits per heavy atom. The van der Waals surface area contributed by atoms with Crippen molar-refractivity contribution in [1.82, 2.24) is 15.3 Å². The van der Waals surface area contributed by atoms with E-state index < -0.39 is 11.7 Å². The van der Waals surface area contributed by atoms with E-state index in [2.05, 4.69) is 20.6 Å². The molecule has 0 atom stereocenters. The molecule has 0 aliphatic carbocycles. The van der Waals surface area contributed by atoms with Crippen molar-refractivity contribution >= 4 is 17.5 Å². The van der Waals surface area contributed by atoms with E-state index in [-0.39, 0.29) is 23.2 Å². The molecule has 0 radical (unpaired) electrons. The van der Waals surface area contributed by atoms with E-state index in [4.69, 9.17) is 0 Å². The molecule has 1 aromatic carbocycles. The van der Waals surface area contributed by atoms with Crippen molar-refractivity contribution in [3.8, 4) is 0 Å². The Hall–Kier alpha value is -2.64. The van der Waals surface area contributed by atoms with Crippen molar-refractivity contribution in [1.29, 1.82) is 0 Å². The topological polar surface area (TPSA) is 66.9 Å². The smallest absolute Gasteiger partial charge is 0.351 e.